The zero-order valence-electron chi connectivity index (χ0n) is 20.9. The third-order valence-corrected chi connectivity index (χ3v) is 6.96. The van der Waals surface area contributed by atoms with Crippen molar-refractivity contribution in [1.82, 2.24) is 10.3 Å². The number of amides is 1. The van der Waals surface area contributed by atoms with Crippen LogP contribution in [-0.4, -0.2) is 18.0 Å². The van der Waals surface area contributed by atoms with Crippen LogP contribution in [0.4, 0.5) is 15.2 Å². The normalized spacial score (nSPS) is 11.7. The number of furan rings is 1. The van der Waals surface area contributed by atoms with E-state index < -0.39 is 0 Å². The van der Waals surface area contributed by atoms with Crippen LogP contribution in [0.15, 0.2) is 101 Å². The number of methoxy groups -OCH3 is 1. The topological polar surface area (TPSA) is 67.6 Å². The number of ether oxygens (including phenoxy) is 1. The second-order valence-electron chi connectivity index (χ2n) is 8.68. The fourth-order valence-electron chi connectivity index (χ4n) is 4.01. The summed E-state index contributed by atoms with van der Waals surface area (Å²) in [7, 11) is 1.62. The molecule has 1 N–H and O–H groups in total. The van der Waals surface area contributed by atoms with Crippen LogP contribution in [0.5, 0.6) is 5.75 Å². The third-order valence-electron chi connectivity index (χ3n) is 6.09. The number of thiazole rings is 1. The summed E-state index contributed by atoms with van der Waals surface area (Å²) in [5, 5.41) is 5.65. The van der Waals surface area contributed by atoms with E-state index in [1.807, 2.05) is 71.8 Å². The zero-order valence-corrected chi connectivity index (χ0v) is 21.7. The van der Waals surface area contributed by atoms with Crippen molar-refractivity contribution in [1.29, 1.82) is 0 Å². The maximum absolute atomic E-state index is 13.4. The smallest absolute Gasteiger partial charge is 0.287 e. The summed E-state index contributed by atoms with van der Waals surface area (Å²) in [6.45, 7) is 2.29. The number of nitrogens with one attached hydrogen (secondary N) is 1. The largest absolute Gasteiger partial charge is 0.497 e. The van der Waals surface area contributed by atoms with Crippen molar-refractivity contribution in [2.45, 2.75) is 19.5 Å². The molecule has 1 amide bonds. The summed E-state index contributed by atoms with van der Waals surface area (Å²) in [6, 6.07) is 27.0. The van der Waals surface area contributed by atoms with Gasteiger partial charge in [0.2, 0.25) is 0 Å². The molecular weight excluding hydrogens is 501 g/mol. The van der Waals surface area contributed by atoms with Gasteiger partial charge in [0.05, 0.1) is 25.4 Å². The van der Waals surface area contributed by atoms with E-state index in [1.54, 1.807) is 31.4 Å². The average Bonchev–Trinajstić information content (AvgIpc) is 3.63. The quantitative estimate of drug-likeness (QED) is 0.217. The Labute approximate surface area is 224 Å². The summed E-state index contributed by atoms with van der Waals surface area (Å²) < 4.78 is 24.7. The highest BCUT2D eigenvalue weighted by Crippen LogP contribution is 2.34. The molecule has 0 aliphatic heterocycles. The Hall–Kier alpha value is -4.43. The molecule has 1 atom stereocenters. The van der Waals surface area contributed by atoms with Crippen molar-refractivity contribution in [3.63, 3.8) is 0 Å². The number of rotatable bonds is 9. The van der Waals surface area contributed by atoms with Gasteiger partial charge in [0, 0.05) is 16.6 Å². The van der Waals surface area contributed by atoms with Gasteiger partial charge in [0.15, 0.2) is 10.9 Å². The van der Waals surface area contributed by atoms with Crippen molar-refractivity contribution in [2.24, 2.45) is 0 Å². The summed E-state index contributed by atoms with van der Waals surface area (Å²) in [5.41, 5.74) is 3.47. The summed E-state index contributed by atoms with van der Waals surface area (Å²) in [4.78, 5) is 19.7. The van der Waals surface area contributed by atoms with Gasteiger partial charge in [-0.2, -0.15) is 0 Å². The monoisotopic (exact) mass is 527 g/mol. The van der Waals surface area contributed by atoms with Crippen LogP contribution in [0.25, 0.3) is 11.3 Å². The van der Waals surface area contributed by atoms with E-state index in [2.05, 4.69) is 5.32 Å². The van der Waals surface area contributed by atoms with Gasteiger partial charge in [0.1, 0.15) is 17.3 Å². The predicted octanol–water partition coefficient (Wildman–Crippen LogP) is 7.38. The minimum Gasteiger partial charge on any atom is -0.497 e. The summed E-state index contributed by atoms with van der Waals surface area (Å²) in [5.74, 6) is 1.01. The van der Waals surface area contributed by atoms with Gasteiger partial charge < -0.3 is 19.4 Å². The zero-order chi connectivity index (χ0) is 26.5. The fourth-order valence-corrected chi connectivity index (χ4v) is 4.86. The van der Waals surface area contributed by atoms with Crippen LogP contribution in [0, 0.1) is 5.82 Å². The summed E-state index contributed by atoms with van der Waals surface area (Å²) in [6.07, 6.45) is 0. The molecule has 38 heavy (non-hydrogen) atoms. The Morgan fingerprint density at radius 1 is 1.03 bits per heavy atom. The number of hydrogen-bond acceptors (Lipinski definition) is 6. The highest BCUT2D eigenvalue weighted by molar-refractivity contribution is 7.14. The fraction of sp³-hybridized carbons (Fsp3) is 0.133. The maximum atomic E-state index is 13.4. The third kappa shape index (κ3) is 5.76. The average molecular weight is 528 g/mol. The molecule has 0 radical (unpaired) electrons. The van der Waals surface area contributed by atoms with Gasteiger partial charge in [-0.1, -0.05) is 30.3 Å². The number of hydrogen-bond donors (Lipinski definition) is 1. The molecule has 0 saturated heterocycles. The van der Waals surface area contributed by atoms with Gasteiger partial charge in [-0.3, -0.25) is 4.79 Å². The molecule has 5 rings (SSSR count). The molecule has 0 bridgehead atoms. The van der Waals surface area contributed by atoms with E-state index in [4.69, 9.17) is 14.1 Å². The Bertz CT molecular complexity index is 1500. The van der Waals surface area contributed by atoms with Gasteiger partial charge >= 0.3 is 0 Å². The van der Waals surface area contributed by atoms with Crippen LogP contribution in [0.2, 0.25) is 0 Å². The van der Waals surface area contributed by atoms with Gasteiger partial charge in [-0.25, -0.2) is 9.37 Å². The SMILES string of the molecule is COc1ccc(N(Cc2ccc(C(=O)N[C@H](C)c3ccccc3)o2)c2nc(-c3ccc(F)cc3)cs2)cc1. The van der Waals surface area contributed by atoms with Crippen molar-refractivity contribution in [3.05, 3.63) is 119 Å². The molecule has 2 aromatic heterocycles. The second kappa shape index (κ2) is 11.3. The van der Waals surface area contributed by atoms with Crippen molar-refractivity contribution < 1.29 is 18.3 Å². The number of anilines is 2. The van der Waals surface area contributed by atoms with Crippen molar-refractivity contribution in [2.75, 3.05) is 12.0 Å². The number of carbonyl (C=O) groups excluding carboxylic acids is 1. The number of halogens is 1. The Balaban J connectivity index is 1.38. The van der Waals surface area contributed by atoms with Crippen molar-refractivity contribution in [3.8, 4) is 17.0 Å². The number of nitrogens with zero attached hydrogens (tertiary/aromatic N) is 2. The Morgan fingerprint density at radius 2 is 1.76 bits per heavy atom. The lowest BCUT2D eigenvalue weighted by molar-refractivity contribution is 0.0910. The van der Waals surface area contributed by atoms with Crippen LogP contribution in [0.1, 0.15) is 34.8 Å². The Kier molecular flexibility index (Phi) is 7.51. The molecule has 0 aliphatic rings. The highest BCUT2D eigenvalue weighted by atomic mass is 32.1. The second-order valence-corrected chi connectivity index (χ2v) is 9.51. The van der Waals surface area contributed by atoms with E-state index >= 15 is 0 Å². The summed E-state index contributed by atoms with van der Waals surface area (Å²) >= 11 is 1.47. The van der Waals surface area contributed by atoms with E-state index in [-0.39, 0.29) is 23.5 Å². The molecule has 0 saturated carbocycles. The molecule has 3 aromatic carbocycles. The molecule has 8 heteroatoms. The lowest BCUT2D eigenvalue weighted by atomic mass is 10.1. The molecule has 2 heterocycles. The number of aromatic nitrogens is 1. The first-order valence-corrected chi connectivity index (χ1v) is 13.0. The molecule has 0 fully saturated rings. The van der Waals surface area contributed by atoms with E-state index in [0.717, 1.165) is 33.4 Å². The molecule has 6 nitrogen and oxygen atoms in total. The van der Waals surface area contributed by atoms with Gasteiger partial charge in [-0.05, 0) is 73.2 Å². The van der Waals surface area contributed by atoms with Crippen LogP contribution < -0.4 is 15.0 Å². The standard InChI is InChI=1S/C30H26FN3O3S/c1-20(21-6-4-3-5-7-21)32-29(35)28-17-16-26(37-28)18-34(24-12-14-25(36-2)15-13-24)30-33-27(19-38-30)22-8-10-23(31)11-9-22/h3-17,19-20H,18H2,1-2H3,(H,32,35)/t20-/m1/s1. The first-order chi connectivity index (χ1) is 18.5. The lowest BCUT2D eigenvalue weighted by Gasteiger charge is -2.21. The first-order valence-electron chi connectivity index (χ1n) is 12.1. The molecule has 0 aliphatic carbocycles. The molecule has 0 unspecified atom stereocenters. The van der Waals surface area contributed by atoms with E-state index in [1.165, 1.54) is 23.5 Å². The lowest BCUT2D eigenvalue weighted by Crippen LogP contribution is -2.26. The minimum atomic E-state index is -0.292. The molecule has 192 valence electrons. The maximum Gasteiger partial charge on any atom is 0.287 e. The van der Waals surface area contributed by atoms with E-state index in [0.29, 0.717) is 12.3 Å². The van der Waals surface area contributed by atoms with Crippen LogP contribution in [-0.2, 0) is 6.54 Å². The minimum absolute atomic E-state index is 0.159. The highest BCUT2D eigenvalue weighted by Gasteiger charge is 2.20. The number of carbonyl (C=O) groups is 1. The predicted molar refractivity (Wildman–Crippen MR) is 147 cm³/mol. The molecular formula is C30H26FN3O3S. The van der Waals surface area contributed by atoms with Crippen LogP contribution in [0.3, 0.4) is 0 Å². The van der Waals surface area contributed by atoms with Crippen LogP contribution >= 0.6 is 11.3 Å². The van der Waals surface area contributed by atoms with Gasteiger partial charge in [0.25, 0.3) is 5.91 Å². The first kappa shape index (κ1) is 25.2. The Morgan fingerprint density at radius 3 is 2.47 bits per heavy atom. The van der Waals surface area contributed by atoms with E-state index in [9.17, 15) is 9.18 Å². The molecule has 5 aromatic rings. The number of benzene rings is 3. The molecule has 0 spiro atoms. The van der Waals surface area contributed by atoms with Crippen molar-refractivity contribution >= 4 is 28.1 Å². The van der Waals surface area contributed by atoms with Gasteiger partial charge in [-0.15, -0.1) is 11.3 Å².